The topological polar surface area (TPSA) is 58.3 Å². The zero-order valence-corrected chi connectivity index (χ0v) is 8.79. The van der Waals surface area contributed by atoms with Gasteiger partial charge in [0.25, 0.3) is 0 Å². The molecule has 0 aromatic heterocycles. The molecule has 3 nitrogen and oxygen atoms in total. The Kier molecular flexibility index (Phi) is 4.38. The fourth-order valence-corrected chi connectivity index (χ4v) is 1.61. The molecule has 13 heavy (non-hydrogen) atoms. The molecule has 4 heteroatoms. The van der Waals surface area contributed by atoms with E-state index in [1.165, 1.54) is 0 Å². The maximum atomic E-state index is 9.09. The van der Waals surface area contributed by atoms with Gasteiger partial charge in [-0.2, -0.15) is 0 Å². The highest BCUT2D eigenvalue weighted by molar-refractivity contribution is 9.10. The average Bonchev–Trinajstić information content (AvgIpc) is 2.14. The Labute approximate surface area is 86.0 Å². The third kappa shape index (κ3) is 3.08. The Morgan fingerprint density at radius 1 is 1.54 bits per heavy atom. The highest BCUT2D eigenvalue weighted by Crippen LogP contribution is 2.18. The van der Waals surface area contributed by atoms with E-state index in [0.717, 1.165) is 10.0 Å². The molecule has 0 saturated carbocycles. The summed E-state index contributed by atoms with van der Waals surface area (Å²) in [5, 5.41) is 9.09. The second-order valence-corrected chi connectivity index (χ2v) is 3.76. The van der Waals surface area contributed by atoms with Gasteiger partial charge in [0.05, 0.1) is 6.61 Å². The molecule has 72 valence electrons. The Morgan fingerprint density at radius 2 is 2.31 bits per heavy atom. The van der Waals surface area contributed by atoms with E-state index in [9.17, 15) is 0 Å². The van der Waals surface area contributed by atoms with Gasteiger partial charge in [-0.05, 0) is 17.7 Å². The molecule has 0 heterocycles. The molecule has 0 amide bonds. The van der Waals surface area contributed by atoms with E-state index >= 15 is 0 Å². The molecule has 0 bridgehead atoms. The molecular formula is C9H13BrN2O. The van der Waals surface area contributed by atoms with Crippen molar-refractivity contribution in [2.24, 2.45) is 5.84 Å². The summed E-state index contributed by atoms with van der Waals surface area (Å²) in [5.41, 5.74) is 3.64. The Morgan fingerprint density at radius 3 is 2.85 bits per heavy atom. The van der Waals surface area contributed by atoms with Crippen LogP contribution in [0.4, 0.5) is 0 Å². The third-order valence-electron chi connectivity index (χ3n) is 1.90. The van der Waals surface area contributed by atoms with Crippen LogP contribution < -0.4 is 11.3 Å². The van der Waals surface area contributed by atoms with Gasteiger partial charge in [0.1, 0.15) is 0 Å². The monoisotopic (exact) mass is 244 g/mol. The highest BCUT2D eigenvalue weighted by atomic mass is 79.9. The molecule has 1 unspecified atom stereocenters. The molecule has 1 aromatic carbocycles. The van der Waals surface area contributed by atoms with E-state index in [1.54, 1.807) is 0 Å². The van der Waals surface area contributed by atoms with Crippen LogP contribution in [0, 0.1) is 0 Å². The molecule has 0 radical (unpaired) electrons. The lowest BCUT2D eigenvalue weighted by molar-refractivity contribution is 0.262. The van der Waals surface area contributed by atoms with Crippen LogP contribution in [0.1, 0.15) is 11.5 Å². The SMILES string of the molecule is NNCC(CO)c1cccc(Br)c1. The number of hydrogen-bond acceptors (Lipinski definition) is 3. The van der Waals surface area contributed by atoms with Gasteiger partial charge in [0, 0.05) is 16.9 Å². The summed E-state index contributed by atoms with van der Waals surface area (Å²) in [6.45, 7) is 0.674. The number of benzene rings is 1. The van der Waals surface area contributed by atoms with Gasteiger partial charge in [-0.25, -0.2) is 0 Å². The first kappa shape index (κ1) is 10.7. The number of hydrazine groups is 1. The van der Waals surface area contributed by atoms with Crippen LogP contribution in [-0.2, 0) is 0 Å². The third-order valence-corrected chi connectivity index (χ3v) is 2.40. The summed E-state index contributed by atoms with van der Waals surface area (Å²) in [6, 6.07) is 7.85. The quantitative estimate of drug-likeness (QED) is 0.547. The summed E-state index contributed by atoms with van der Waals surface area (Å²) >= 11 is 3.38. The number of hydrogen-bond donors (Lipinski definition) is 3. The van der Waals surface area contributed by atoms with Gasteiger partial charge in [-0.3, -0.25) is 11.3 Å². The molecule has 0 aliphatic heterocycles. The molecule has 0 spiro atoms. The van der Waals surface area contributed by atoms with Gasteiger partial charge < -0.3 is 5.11 Å². The molecule has 0 aliphatic carbocycles. The van der Waals surface area contributed by atoms with E-state index in [0.29, 0.717) is 6.54 Å². The van der Waals surface area contributed by atoms with Crippen molar-refractivity contribution in [3.05, 3.63) is 34.3 Å². The van der Waals surface area contributed by atoms with Crippen LogP contribution in [-0.4, -0.2) is 18.3 Å². The van der Waals surface area contributed by atoms with E-state index in [-0.39, 0.29) is 12.5 Å². The van der Waals surface area contributed by atoms with E-state index in [2.05, 4.69) is 21.4 Å². The van der Waals surface area contributed by atoms with Crippen molar-refractivity contribution in [1.29, 1.82) is 0 Å². The lowest BCUT2D eigenvalue weighted by Crippen LogP contribution is -2.29. The van der Waals surface area contributed by atoms with E-state index in [1.807, 2.05) is 24.3 Å². The minimum absolute atomic E-state index is 0.0579. The van der Waals surface area contributed by atoms with Gasteiger partial charge in [-0.15, -0.1) is 0 Å². The summed E-state index contributed by atoms with van der Waals surface area (Å²) < 4.78 is 1.01. The minimum atomic E-state index is 0.0579. The van der Waals surface area contributed by atoms with Crippen LogP contribution in [0.25, 0.3) is 0 Å². The predicted molar refractivity (Wildman–Crippen MR) is 56.2 cm³/mol. The first-order valence-electron chi connectivity index (χ1n) is 4.07. The largest absolute Gasteiger partial charge is 0.396 e. The smallest absolute Gasteiger partial charge is 0.0512 e. The van der Waals surface area contributed by atoms with Crippen molar-refractivity contribution < 1.29 is 5.11 Å². The van der Waals surface area contributed by atoms with E-state index < -0.39 is 0 Å². The first-order chi connectivity index (χ1) is 6.27. The van der Waals surface area contributed by atoms with Crippen LogP contribution >= 0.6 is 15.9 Å². The van der Waals surface area contributed by atoms with Crippen molar-refractivity contribution in [3.8, 4) is 0 Å². The van der Waals surface area contributed by atoms with E-state index in [4.69, 9.17) is 10.9 Å². The second-order valence-electron chi connectivity index (χ2n) is 2.84. The lowest BCUT2D eigenvalue weighted by Gasteiger charge is -2.13. The zero-order chi connectivity index (χ0) is 9.68. The molecular weight excluding hydrogens is 232 g/mol. The summed E-state index contributed by atoms with van der Waals surface area (Å²) in [6.07, 6.45) is 0. The van der Waals surface area contributed by atoms with Crippen molar-refractivity contribution in [2.75, 3.05) is 13.2 Å². The van der Waals surface area contributed by atoms with Crippen LogP contribution in [0.5, 0.6) is 0 Å². The molecule has 1 aromatic rings. The van der Waals surface area contributed by atoms with Crippen LogP contribution in [0.3, 0.4) is 0 Å². The maximum Gasteiger partial charge on any atom is 0.0512 e. The summed E-state index contributed by atoms with van der Waals surface area (Å²) in [4.78, 5) is 0. The molecule has 4 N–H and O–H groups in total. The number of nitrogens with two attached hydrogens (primary N) is 1. The van der Waals surface area contributed by atoms with Gasteiger partial charge >= 0.3 is 0 Å². The number of halogens is 1. The number of nitrogens with one attached hydrogen (secondary N) is 1. The second kappa shape index (κ2) is 5.34. The summed E-state index contributed by atoms with van der Waals surface area (Å²) in [5.74, 6) is 5.27. The van der Waals surface area contributed by atoms with Gasteiger partial charge in [0.15, 0.2) is 0 Å². The zero-order valence-electron chi connectivity index (χ0n) is 7.20. The minimum Gasteiger partial charge on any atom is -0.396 e. The van der Waals surface area contributed by atoms with Gasteiger partial charge in [-0.1, -0.05) is 28.1 Å². The Hall–Kier alpha value is -0.420. The van der Waals surface area contributed by atoms with Crippen molar-refractivity contribution >= 4 is 15.9 Å². The predicted octanol–water partition coefficient (Wildman–Crippen LogP) is 0.988. The standard InChI is InChI=1S/C9H13BrN2O/c10-9-3-1-2-7(4-9)8(6-13)5-12-11/h1-4,8,12-13H,5-6,11H2. The lowest BCUT2D eigenvalue weighted by atomic mass is 10.0. The van der Waals surface area contributed by atoms with Crippen molar-refractivity contribution in [3.63, 3.8) is 0 Å². The fraction of sp³-hybridized carbons (Fsp3) is 0.333. The normalized spacial score (nSPS) is 12.8. The maximum absolute atomic E-state index is 9.09. The molecule has 1 rings (SSSR count). The van der Waals surface area contributed by atoms with Crippen LogP contribution in [0.15, 0.2) is 28.7 Å². The number of aliphatic hydroxyl groups is 1. The fourth-order valence-electron chi connectivity index (χ4n) is 1.19. The summed E-state index contributed by atoms with van der Waals surface area (Å²) in [7, 11) is 0. The highest BCUT2D eigenvalue weighted by Gasteiger charge is 2.08. The number of rotatable bonds is 4. The molecule has 0 fully saturated rings. The molecule has 0 saturated heterocycles. The van der Waals surface area contributed by atoms with Crippen molar-refractivity contribution in [1.82, 2.24) is 5.43 Å². The molecule has 1 atom stereocenters. The average molecular weight is 245 g/mol. The number of aliphatic hydroxyl groups excluding tert-OH is 1. The van der Waals surface area contributed by atoms with Crippen LogP contribution in [0.2, 0.25) is 0 Å². The molecule has 0 aliphatic rings. The van der Waals surface area contributed by atoms with Gasteiger partial charge in [0.2, 0.25) is 0 Å². The Balaban J connectivity index is 2.78. The first-order valence-corrected chi connectivity index (χ1v) is 4.87. The Bertz CT molecular complexity index is 268. The van der Waals surface area contributed by atoms with Crippen molar-refractivity contribution in [2.45, 2.75) is 5.92 Å².